The molecule has 0 saturated carbocycles. The smallest absolute Gasteiger partial charge is 0.238 e. The molecule has 0 heterocycles. The number of anilines is 1. The number of aryl methyl sites for hydroxylation is 2. The van der Waals surface area contributed by atoms with E-state index in [1.165, 1.54) is 11.1 Å². The molecule has 1 amide bonds. The van der Waals surface area contributed by atoms with Gasteiger partial charge in [0, 0.05) is 11.7 Å². The van der Waals surface area contributed by atoms with Crippen molar-refractivity contribution in [2.24, 2.45) is 0 Å². The predicted octanol–water partition coefficient (Wildman–Crippen LogP) is 4.82. The number of rotatable bonds is 7. The number of hydrogen-bond donors (Lipinski definition) is 2. The summed E-state index contributed by atoms with van der Waals surface area (Å²) in [6.45, 7) is 4.33. The second-order valence-electron chi connectivity index (χ2n) is 6.96. The van der Waals surface area contributed by atoms with Gasteiger partial charge < -0.3 is 10.6 Å². The molecular formula is C24H26N2O. The van der Waals surface area contributed by atoms with E-state index < -0.39 is 0 Å². The molecule has 3 rings (SSSR count). The number of benzene rings is 3. The van der Waals surface area contributed by atoms with Crippen LogP contribution in [0.4, 0.5) is 5.69 Å². The van der Waals surface area contributed by atoms with Crippen molar-refractivity contribution in [2.45, 2.75) is 26.3 Å². The number of carbonyl (C=O) groups is 1. The Hall–Kier alpha value is -2.91. The minimum atomic E-state index is -0.0333. The van der Waals surface area contributed by atoms with Gasteiger partial charge in [-0.05, 0) is 54.7 Å². The first kappa shape index (κ1) is 18.9. The average molecular weight is 358 g/mol. The van der Waals surface area contributed by atoms with Crippen LogP contribution in [-0.2, 0) is 11.2 Å². The summed E-state index contributed by atoms with van der Waals surface area (Å²) in [6.07, 6.45) is 0.835. The quantitative estimate of drug-likeness (QED) is 0.636. The van der Waals surface area contributed by atoms with Gasteiger partial charge >= 0.3 is 0 Å². The highest BCUT2D eigenvalue weighted by Gasteiger charge is 2.13. The summed E-state index contributed by atoms with van der Waals surface area (Å²) in [5.41, 5.74) is 5.56. The zero-order valence-corrected chi connectivity index (χ0v) is 15.9. The van der Waals surface area contributed by atoms with Crippen LogP contribution in [0.2, 0.25) is 0 Å². The Kier molecular flexibility index (Phi) is 6.39. The summed E-state index contributed by atoms with van der Waals surface area (Å²) in [4.78, 5) is 12.4. The molecular weight excluding hydrogens is 332 g/mol. The molecule has 0 spiro atoms. The van der Waals surface area contributed by atoms with Gasteiger partial charge in [-0.25, -0.2) is 0 Å². The Morgan fingerprint density at radius 1 is 0.852 bits per heavy atom. The van der Waals surface area contributed by atoms with Gasteiger partial charge in [0.2, 0.25) is 5.91 Å². The summed E-state index contributed by atoms with van der Waals surface area (Å²) in [5, 5.41) is 6.41. The molecule has 0 aliphatic rings. The fourth-order valence-electron chi connectivity index (χ4n) is 3.31. The highest BCUT2D eigenvalue weighted by molar-refractivity contribution is 5.92. The van der Waals surface area contributed by atoms with Gasteiger partial charge in [-0.1, -0.05) is 66.7 Å². The van der Waals surface area contributed by atoms with Crippen LogP contribution in [0.3, 0.4) is 0 Å². The molecule has 1 atom stereocenters. The maximum Gasteiger partial charge on any atom is 0.238 e. The minimum Gasteiger partial charge on any atom is -0.325 e. The number of nitrogens with one attached hydrogen (secondary N) is 2. The first-order valence-electron chi connectivity index (χ1n) is 9.30. The zero-order valence-electron chi connectivity index (χ0n) is 15.9. The monoisotopic (exact) mass is 358 g/mol. The topological polar surface area (TPSA) is 41.1 Å². The maximum absolute atomic E-state index is 12.4. The van der Waals surface area contributed by atoms with Crippen molar-refractivity contribution in [2.75, 3.05) is 11.9 Å². The third-order valence-electron chi connectivity index (χ3n) is 4.50. The van der Waals surface area contributed by atoms with E-state index >= 15 is 0 Å². The Morgan fingerprint density at radius 2 is 1.44 bits per heavy atom. The van der Waals surface area contributed by atoms with E-state index in [-0.39, 0.29) is 18.5 Å². The van der Waals surface area contributed by atoms with E-state index in [0.717, 1.165) is 23.2 Å². The third-order valence-corrected chi connectivity index (χ3v) is 4.50. The predicted molar refractivity (Wildman–Crippen MR) is 112 cm³/mol. The zero-order chi connectivity index (χ0) is 19.1. The fourth-order valence-corrected chi connectivity index (χ4v) is 3.31. The molecule has 0 saturated heterocycles. The third kappa shape index (κ3) is 5.80. The summed E-state index contributed by atoms with van der Waals surface area (Å²) in [6, 6.07) is 26.8. The highest BCUT2D eigenvalue weighted by atomic mass is 16.1. The Bertz CT molecular complexity index is 855. The van der Waals surface area contributed by atoms with Gasteiger partial charge in [0.25, 0.3) is 0 Å². The van der Waals surface area contributed by atoms with Gasteiger partial charge in [0.1, 0.15) is 0 Å². The van der Waals surface area contributed by atoms with E-state index in [2.05, 4.69) is 41.0 Å². The number of carbonyl (C=O) groups excluding carboxylic acids is 1. The van der Waals surface area contributed by atoms with Gasteiger partial charge in [-0.2, -0.15) is 0 Å². The molecule has 3 nitrogen and oxygen atoms in total. The number of hydrogen-bond acceptors (Lipinski definition) is 2. The summed E-state index contributed by atoms with van der Waals surface area (Å²) in [7, 11) is 0. The van der Waals surface area contributed by atoms with Crippen LogP contribution in [0.1, 0.15) is 28.3 Å². The lowest BCUT2D eigenvalue weighted by Crippen LogP contribution is -2.32. The van der Waals surface area contributed by atoms with E-state index in [1.807, 2.05) is 62.4 Å². The SMILES string of the molecule is Cc1cc(C)cc(NC(=O)CNC(Cc2ccccc2)c2ccccc2)c1. The molecule has 0 fully saturated rings. The average Bonchev–Trinajstić information content (AvgIpc) is 2.66. The lowest BCUT2D eigenvalue weighted by atomic mass is 9.99. The van der Waals surface area contributed by atoms with Crippen molar-refractivity contribution >= 4 is 11.6 Å². The van der Waals surface area contributed by atoms with Crippen molar-refractivity contribution in [1.29, 1.82) is 0 Å². The summed E-state index contributed by atoms with van der Waals surface area (Å²) < 4.78 is 0. The van der Waals surface area contributed by atoms with E-state index in [0.29, 0.717) is 0 Å². The Morgan fingerprint density at radius 3 is 2.07 bits per heavy atom. The molecule has 3 aromatic carbocycles. The molecule has 2 N–H and O–H groups in total. The van der Waals surface area contributed by atoms with Gasteiger partial charge in [0.05, 0.1) is 6.54 Å². The second kappa shape index (κ2) is 9.15. The lowest BCUT2D eigenvalue weighted by Gasteiger charge is -2.19. The molecule has 0 aliphatic carbocycles. The Labute approximate surface area is 161 Å². The molecule has 1 unspecified atom stereocenters. The largest absolute Gasteiger partial charge is 0.325 e. The standard InChI is InChI=1S/C24H26N2O/c1-18-13-19(2)15-22(14-18)26-24(27)17-25-23(21-11-7-4-8-12-21)16-20-9-5-3-6-10-20/h3-15,23,25H,16-17H2,1-2H3,(H,26,27). The van der Waals surface area contributed by atoms with Crippen molar-refractivity contribution in [3.05, 3.63) is 101 Å². The van der Waals surface area contributed by atoms with Crippen LogP contribution >= 0.6 is 0 Å². The summed E-state index contributed by atoms with van der Waals surface area (Å²) in [5.74, 6) is -0.0333. The van der Waals surface area contributed by atoms with Crippen LogP contribution in [0.25, 0.3) is 0 Å². The minimum absolute atomic E-state index is 0.0333. The second-order valence-corrected chi connectivity index (χ2v) is 6.96. The van der Waals surface area contributed by atoms with Crippen LogP contribution in [0.5, 0.6) is 0 Å². The van der Waals surface area contributed by atoms with Crippen molar-refractivity contribution in [1.82, 2.24) is 5.32 Å². The van der Waals surface area contributed by atoms with Gasteiger partial charge in [-0.15, -0.1) is 0 Å². The molecule has 3 heteroatoms. The van der Waals surface area contributed by atoms with Gasteiger partial charge in [-0.3, -0.25) is 4.79 Å². The van der Waals surface area contributed by atoms with Crippen LogP contribution < -0.4 is 10.6 Å². The molecule has 27 heavy (non-hydrogen) atoms. The molecule has 138 valence electrons. The molecule has 0 radical (unpaired) electrons. The Balaban J connectivity index is 1.66. The van der Waals surface area contributed by atoms with E-state index in [1.54, 1.807) is 0 Å². The van der Waals surface area contributed by atoms with E-state index in [9.17, 15) is 4.79 Å². The van der Waals surface area contributed by atoms with Crippen LogP contribution in [0.15, 0.2) is 78.9 Å². The molecule has 0 bridgehead atoms. The lowest BCUT2D eigenvalue weighted by molar-refractivity contribution is -0.115. The highest BCUT2D eigenvalue weighted by Crippen LogP contribution is 2.18. The molecule has 0 aliphatic heterocycles. The van der Waals surface area contributed by atoms with Gasteiger partial charge in [0.15, 0.2) is 0 Å². The molecule has 0 aromatic heterocycles. The van der Waals surface area contributed by atoms with Crippen molar-refractivity contribution in [3.63, 3.8) is 0 Å². The first-order valence-corrected chi connectivity index (χ1v) is 9.30. The van der Waals surface area contributed by atoms with Crippen molar-refractivity contribution in [3.8, 4) is 0 Å². The summed E-state index contributed by atoms with van der Waals surface area (Å²) >= 11 is 0. The van der Waals surface area contributed by atoms with Crippen LogP contribution in [0, 0.1) is 13.8 Å². The normalized spacial score (nSPS) is 11.8. The van der Waals surface area contributed by atoms with Crippen LogP contribution in [-0.4, -0.2) is 12.5 Å². The molecule has 3 aromatic rings. The fraction of sp³-hybridized carbons (Fsp3) is 0.208. The number of amides is 1. The maximum atomic E-state index is 12.4. The van der Waals surface area contributed by atoms with E-state index in [4.69, 9.17) is 0 Å². The first-order chi connectivity index (χ1) is 13.1. The van der Waals surface area contributed by atoms with Crippen molar-refractivity contribution < 1.29 is 4.79 Å².